The van der Waals surface area contributed by atoms with Crippen molar-refractivity contribution in [2.24, 2.45) is 5.73 Å². The van der Waals surface area contributed by atoms with E-state index in [-0.39, 0.29) is 11.9 Å². The topological polar surface area (TPSA) is 84.1 Å². The minimum atomic E-state index is -0.208. The SMILES string of the molecule is N[C@H]1CCCN(c2ccncc2NC(=O)c2csc(C3=CC=CCC3)n2)C1. The average molecular weight is 382 g/mol. The van der Waals surface area contributed by atoms with Gasteiger partial charge in [-0.3, -0.25) is 9.78 Å². The second-order valence-corrected chi connectivity index (χ2v) is 7.75. The van der Waals surface area contributed by atoms with Crippen molar-refractivity contribution in [1.29, 1.82) is 0 Å². The van der Waals surface area contributed by atoms with Crippen molar-refractivity contribution < 1.29 is 4.79 Å². The zero-order valence-electron chi connectivity index (χ0n) is 15.1. The highest BCUT2D eigenvalue weighted by Gasteiger charge is 2.21. The first-order valence-corrected chi connectivity index (χ1v) is 10.2. The van der Waals surface area contributed by atoms with E-state index < -0.39 is 0 Å². The molecule has 2 aromatic rings. The molecule has 1 fully saturated rings. The van der Waals surface area contributed by atoms with Gasteiger partial charge in [0.1, 0.15) is 10.7 Å². The number of aromatic nitrogens is 2. The highest BCUT2D eigenvalue weighted by Crippen LogP contribution is 2.29. The minimum Gasteiger partial charge on any atom is -0.368 e. The molecule has 140 valence electrons. The smallest absolute Gasteiger partial charge is 0.275 e. The maximum absolute atomic E-state index is 12.7. The van der Waals surface area contributed by atoms with Crippen LogP contribution < -0.4 is 16.0 Å². The predicted molar refractivity (Wildman–Crippen MR) is 110 cm³/mol. The average Bonchev–Trinajstić information content (AvgIpc) is 3.19. The van der Waals surface area contributed by atoms with Crippen molar-refractivity contribution in [2.45, 2.75) is 31.7 Å². The van der Waals surface area contributed by atoms with Gasteiger partial charge in [0, 0.05) is 30.7 Å². The van der Waals surface area contributed by atoms with E-state index in [9.17, 15) is 4.79 Å². The highest BCUT2D eigenvalue weighted by molar-refractivity contribution is 7.11. The van der Waals surface area contributed by atoms with E-state index in [0.717, 1.165) is 49.5 Å². The van der Waals surface area contributed by atoms with E-state index in [1.807, 2.05) is 17.5 Å². The molecule has 0 unspecified atom stereocenters. The molecule has 2 aromatic heterocycles. The summed E-state index contributed by atoms with van der Waals surface area (Å²) in [7, 11) is 0. The molecule has 1 aliphatic heterocycles. The molecule has 0 spiro atoms. The van der Waals surface area contributed by atoms with Crippen molar-refractivity contribution in [1.82, 2.24) is 9.97 Å². The Kier molecular flexibility index (Phi) is 5.31. The van der Waals surface area contributed by atoms with Crippen LogP contribution in [0.2, 0.25) is 0 Å². The number of allylic oxidation sites excluding steroid dienone is 4. The highest BCUT2D eigenvalue weighted by atomic mass is 32.1. The van der Waals surface area contributed by atoms with Crippen molar-refractivity contribution in [3.05, 3.63) is 52.8 Å². The Labute approximate surface area is 162 Å². The van der Waals surface area contributed by atoms with Gasteiger partial charge in [-0.25, -0.2) is 4.98 Å². The summed E-state index contributed by atoms with van der Waals surface area (Å²) in [6.07, 6.45) is 13.8. The molecule has 1 amide bonds. The molecule has 0 saturated carbocycles. The fraction of sp³-hybridized carbons (Fsp3) is 0.350. The third-order valence-corrected chi connectivity index (χ3v) is 5.79. The second kappa shape index (κ2) is 8.02. The van der Waals surface area contributed by atoms with Crippen molar-refractivity contribution >= 4 is 34.2 Å². The fourth-order valence-corrected chi connectivity index (χ4v) is 4.34. The van der Waals surface area contributed by atoms with Gasteiger partial charge in [0.2, 0.25) is 0 Å². The lowest BCUT2D eigenvalue weighted by Gasteiger charge is -2.33. The number of thiazole rings is 1. The van der Waals surface area contributed by atoms with E-state index in [0.29, 0.717) is 11.4 Å². The quantitative estimate of drug-likeness (QED) is 0.847. The normalized spacial score (nSPS) is 19.7. The first-order valence-electron chi connectivity index (χ1n) is 9.28. The molecule has 27 heavy (non-hydrogen) atoms. The summed E-state index contributed by atoms with van der Waals surface area (Å²) in [4.78, 5) is 23.7. The molecule has 1 aliphatic carbocycles. The fourth-order valence-electron chi connectivity index (χ4n) is 3.48. The van der Waals surface area contributed by atoms with Crippen molar-refractivity contribution in [2.75, 3.05) is 23.3 Å². The predicted octanol–water partition coefficient (Wildman–Crippen LogP) is 3.45. The molecule has 6 nitrogen and oxygen atoms in total. The summed E-state index contributed by atoms with van der Waals surface area (Å²) in [5.41, 5.74) is 9.40. The molecule has 3 N–H and O–H groups in total. The summed E-state index contributed by atoms with van der Waals surface area (Å²) in [6.45, 7) is 1.72. The van der Waals surface area contributed by atoms with Gasteiger partial charge in [0.25, 0.3) is 5.91 Å². The van der Waals surface area contributed by atoms with Gasteiger partial charge in [0.15, 0.2) is 0 Å². The minimum absolute atomic E-state index is 0.161. The number of anilines is 2. The van der Waals surface area contributed by atoms with Crippen LogP contribution in [0.4, 0.5) is 11.4 Å². The maximum atomic E-state index is 12.7. The molecule has 0 bridgehead atoms. The van der Waals surface area contributed by atoms with Crippen LogP contribution in [0.5, 0.6) is 0 Å². The number of nitrogens with one attached hydrogen (secondary N) is 1. The first-order chi connectivity index (χ1) is 13.2. The van der Waals surface area contributed by atoms with Crippen molar-refractivity contribution in [3.8, 4) is 0 Å². The van der Waals surface area contributed by atoms with Crippen LogP contribution in [0.3, 0.4) is 0 Å². The Morgan fingerprint density at radius 2 is 2.33 bits per heavy atom. The monoisotopic (exact) mass is 381 g/mol. The van der Waals surface area contributed by atoms with Crippen LogP contribution in [0, 0.1) is 0 Å². The number of amides is 1. The van der Waals surface area contributed by atoms with Gasteiger partial charge in [0.05, 0.1) is 17.6 Å². The number of pyridine rings is 1. The zero-order chi connectivity index (χ0) is 18.6. The zero-order valence-corrected chi connectivity index (χ0v) is 15.9. The Balaban J connectivity index is 1.51. The Morgan fingerprint density at radius 1 is 1.41 bits per heavy atom. The number of nitrogens with two attached hydrogens (primary N) is 1. The van der Waals surface area contributed by atoms with Gasteiger partial charge in [-0.15, -0.1) is 11.3 Å². The van der Waals surface area contributed by atoms with Gasteiger partial charge in [-0.2, -0.15) is 0 Å². The molecular weight excluding hydrogens is 358 g/mol. The maximum Gasteiger partial charge on any atom is 0.275 e. The van der Waals surface area contributed by atoms with E-state index in [2.05, 4.69) is 32.3 Å². The van der Waals surface area contributed by atoms with E-state index in [4.69, 9.17) is 5.73 Å². The number of carbonyl (C=O) groups excluding carboxylic acids is 1. The first kappa shape index (κ1) is 17.9. The lowest BCUT2D eigenvalue weighted by Crippen LogP contribution is -2.43. The number of carbonyl (C=O) groups is 1. The van der Waals surface area contributed by atoms with Crippen LogP contribution in [0.1, 0.15) is 41.2 Å². The molecule has 0 aromatic carbocycles. The summed E-state index contributed by atoms with van der Waals surface area (Å²) < 4.78 is 0. The summed E-state index contributed by atoms with van der Waals surface area (Å²) in [5.74, 6) is -0.208. The Bertz CT molecular complexity index is 888. The number of hydrogen-bond donors (Lipinski definition) is 2. The molecule has 3 heterocycles. The number of piperidine rings is 1. The van der Waals surface area contributed by atoms with Gasteiger partial charge < -0.3 is 16.0 Å². The Hall–Kier alpha value is -2.51. The second-order valence-electron chi connectivity index (χ2n) is 6.89. The molecule has 4 rings (SSSR count). The number of hydrogen-bond acceptors (Lipinski definition) is 6. The third kappa shape index (κ3) is 4.09. The Morgan fingerprint density at radius 3 is 3.15 bits per heavy atom. The molecule has 7 heteroatoms. The van der Waals surface area contributed by atoms with Crippen LogP contribution in [-0.4, -0.2) is 35.0 Å². The molecular formula is C20H23N5OS. The van der Waals surface area contributed by atoms with Crippen LogP contribution >= 0.6 is 11.3 Å². The standard InChI is InChI=1S/C20H23N5OS/c21-15-7-4-10-25(12-15)18-8-9-22-11-16(18)23-19(26)17-13-27-20(24-17)14-5-2-1-3-6-14/h1-2,5,8-9,11,13,15H,3-4,6-7,10,12,21H2,(H,23,26)/t15-/m0/s1. The van der Waals surface area contributed by atoms with Crippen LogP contribution in [0.25, 0.3) is 5.57 Å². The van der Waals surface area contributed by atoms with Crippen LogP contribution in [-0.2, 0) is 0 Å². The van der Waals surface area contributed by atoms with Gasteiger partial charge in [-0.05, 0) is 37.3 Å². The van der Waals surface area contributed by atoms with E-state index in [1.54, 1.807) is 12.4 Å². The van der Waals surface area contributed by atoms with Crippen molar-refractivity contribution in [3.63, 3.8) is 0 Å². The summed E-state index contributed by atoms with van der Waals surface area (Å²) >= 11 is 1.51. The number of rotatable bonds is 4. The summed E-state index contributed by atoms with van der Waals surface area (Å²) in [5, 5.41) is 5.71. The summed E-state index contributed by atoms with van der Waals surface area (Å²) in [6, 6.07) is 2.09. The molecule has 0 radical (unpaired) electrons. The lowest BCUT2D eigenvalue weighted by molar-refractivity contribution is 0.102. The van der Waals surface area contributed by atoms with Gasteiger partial charge in [-0.1, -0.05) is 18.2 Å². The number of nitrogens with zero attached hydrogens (tertiary/aromatic N) is 3. The largest absolute Gasteiger partial charge is 0.368 e. The lowest BCUT2D eigenvalue weighted by atomic mass is 10.1. The molecule has 1 saturated heterocycles. The molecule has 2 aliphatic rings. The van der Waals surface area contributed by atoms with E-state index in [1.165, 1.54) is 16.9 Å². The van der Waals surface area contributed by atoms with E-state index >= 15 is 0 Å². The third-order valence-electron chi connectivity index (χ3n) is 4.87. The van der Waals surface area contributed by atoms with Gasteiger partial charge >= 0.3 is 0 Å². The molecule has 1 atom stereocenters. The van der Waals surface area contributed by atoms with Crippen LogP contribution in [0.15, 0.2) is 42.1 Å².